The van der Waals surface area contributed by atoms with Crippen molar-refractivity contribution in [3.8, 4) is 5.75 Å². The number of ether oxygens (including phenoxy) is 1. The molecule has 0 spiro atoms. The average Bonchev–Trinajstić information content (AvgIpc) is 3.36. The van der Waals surface area contributed by atoms with Crippen LogP contribution < -0.4 is 4.74 Å². The molecule has 5 rings (SSSR count). The molecule has 2 heterocycles. The summed E-state index contributed by atoms with van der Waals surface area (Å²) in [4.78, 5) is 37.6. The van der Waals surface area contributed by atoms with Crippen molar-refractivity contribution in [1.29, 1.82) is 0 Å². The molecule has 0 bridgehead atoms. The fourth-order valence-electron chi connectivity index (χ4n) is 4.05. The van der Waals surface area contributed by atoms with Gasteiger partial charge in [0.05, 0.1) is 16.4 Å². The smallest absolute Gasteiger partial charge is 0.293 e. The second-order valence-corrected chi connectivity index (χ2v) is 9.14. The Balaban J connectivity index is 1.35. The molecule has 1 saturated heterocycles. The third-order valence-corrected chi connectivity index (χ3v) is 6.71. The molecule has 36 heavy (non-hydrogen) atoms. The SMILES string of the molecule is O=C1S/C(=C\c2cn(Cc3ccc([N+](=O)[O-])cc3)c3ccccc23)C(=O)N1CCOc1ccccc1. The van der Waals surface area contributed by atoms with E-state index in [0.29, 0.717) is 17.2 Å². The number of nitro groups is 1. The Kier molecular flexibility index (Phi) is 6.55. The summed E-state index contributed by atoms with van der Waals surface area (Å²) in [5.74, 6) is 0.342. The number of hydrogen-bond donors (Lipinski definition) is 0. The van der Waals surface area contributed by atoms with Gasteiger partial charge in [-0.15, -0.1) is 0 Å². The summed E-state index contributed by atoms with van der Waals surface area (Å²) in [6.45, 7) is 0.882. The summed E-state index contributed by atoms with van der Waals surface area (Å²) in [6, 6.07) is 23.5. The minimum atomic E-state index is -0.423. The molecule has 0 atom stereocenters. The first-order valence-electron chi connectivity index (χ1n) is 11.2. The molecular formula is C27H21N3O5S. The van der Waals surface area contributed by atoms with Crippen LogP contribution >= 0.6 is 11.8 Å². The zero-order chi connectivity index (χ0) is 25.1. The molecule has 0 radical (unpaired) electrons. The lowest BCUT2D eigenvalue weighted by molar-refractivity contribution is -0.384. The van der Waals surface area contributed by atoms with Crippen LogP contribution in [0.1, 0.15) is 11.1 Å². The van der Waals surface area contributed by atoms with E-state index in [1.54, 1.807) is 18.2 Å². The number of imide groups is 1. The summed E-state index contributed by atoms with van der Waals surface area (Å²) in [5.41, 5.74) is 2.73. The number of aromatic nitrogens is 1. The van der Waals surface area contributed by atoms with Gasteiger partial charge in [0.2, 0.25) is 0 Å². The molecule has 0 unspecified atom stereocenters. The average molecular weight is 500 g/mol. The predicted molar refractivity (Wildman–Crippen MR) is 139 cm³/mol. The fraction of sp³-hybridized carbons (Fsp3) is 0.111. The Morgan fingerprint density at radius 2 is 1.67 bits per heavy atom. The second-order valence-electron chi connectivity index (χ2n) is 8.15. The van der Waals surface area contributed by atoms with Crippen LogP contribution in [-0.4, -0.2) is 38.7 Å². The normalized spacial score (nSPS) is 14.7. The summed E-state index contributed by atoms with van der Waals surface area (Å²) < 4.78 is 7.67. The second kappa shape index (κ2) is 10.1. The third-order valence-electron chi connectivity index (χ3n) is 5.81. The van der Waals surface area contributed by atoms with Crippen LogP contribution in [0.2, 0.25) is 0 Å². The van der Waals surface area contributed by atoms with Gasteiger partial charge in [-0.25, -0.2) is 0 Å². The van der Waals surface area contributed by atoms with Crippen molar-refractivity contribution in [2.45, 2.75) is 6.54 Å². The molecule has 4 aromatic rings. The number of hydrogen-bond acceptors (Lipinski definition) is 6. The van der Waals surface area contributed by atoms with E-state index < -0.39 is 4.92 Å². The standard InChI is InChI=1S/C27H21N3O5S/c31-26-25(36-27(32)29(26)14-15-35-22-6-2-1-3-7-22)16-20-18-28(24-9-5-4-8-23(20)24)17-19-10-12-21(13-11-19)30(33)34/h1-13,16,18H,14-15,17H2/b25-16-. The molecule has 9 heteroatoms. The highest BCUT2D eigenvalue weighted by Gasteiger charge is 2.35. The maximum Gasteiger partial charge on any atom is 0.293 e. The topological polar surface area (TPSA) is 94.7 Å². The van der Waals surface area contributed by atoms with Crippen LogP contribution in [0.5, 0.6) is 5.75 Å². The molecule has 3 aromatic carbocycles. The number of benzene rings is 3. The summed E-state index contributed by atoms with van der Waals surface area (Å²) in [5, 5.41) is 11.6. The van der Waals surface area contributed by atoms with E-state index in [1.807, 2.05) is 65.4 Å². The first-order valence-corrected chi connectivity index (χ1v) is 12.1. The van der Waals surface area contributed by atoms with Crippen LogP contribution in [-0.2, 0) is 11.3 Å². The highest BCUT2D eigenvalue weighted by molar-refractivity contribution is 8.18. The van der Waals surface area contributed by atoms with Gasteiger partial charge < -0.3 is 9.30 Å². The zero-order valence-corrected chi connectivity index (χ0v) is 19.9. The van der Waals surface area contributed by atoms with E-state index in [2.05, 4.69) is 0 Å². The van der Waals surface area contributed by atoms with Crippen LogP contribution in [0.4, 0.5) is 10.5 Å². The van der Waals surface area contributed by atoms with Crippen molar-refractivity contribution in [3.63, 3.8) is 0 Å². The number of nitro benzene ring substituents is 1. The van der Waals surface area contributed by atoms with Crippen molar-refractivity contribution in [2.24, 2.45) is 0 Å². The Morgan fingerprint density at radius 1 is 0.944 bits per heavy atom. The Bertz CT molecular complexity index is 1480. The lowest BCUT2D eigenvalue weighted by Crippen LogP contribution is -2.32. The van der Waals surface area contributed by atoms with Gasteiger partial charge in [-0.2, -0.15) is 0 Å². The summed E-state index contributed by atoms with van der Waals surface area (Å²) in [7, 11) is 0. The minimum Gasteiger partial charge on any atom is -0.492 e. The monoisotopic (exact) mass is 499 g/mol. The Labute approximate surface area is 210 Å². The van der Waals surface area contributed by atoms with Gasteiger partial charge in [-0.05, 0) is 41.6 Å². The van der Waals surface area contributed by atoms with Crippen molar-refractivity contribution in [3.05, 3.63) is 111 Å². The molecular weight excluding hydrogens is 478 g/mol. The number of nitrogens with zero attached hydrogens (tertiary/aromatic N) is 3. The number of thioether (sulfide) groups is 1. The van der Waals surface area contributed by atoms with Crippen LogP contribution in [0.15, 0.2) is 90.0 Å². The number of para-hydroxylation sites is 2. The lowest BCUT2D eigenvalue weighted by Gasteiger charge is -2.13. The molecule has 1 aliphatic rings. The molecule has 1 aliphatic heterocycles. The van der Waals surface area contributed by atoms with Gasteiger partial charge in [-0.1, -0.05) is 48.5 Å². The largest absolute Gasteiger partial charge is 0.492 e. The van der Waals surface area contributed by atoms with Crippen LogP contribution in [0, 0.1) is 10.1 Å². The Hall–Kier alpha value is -4.37. The van der Waals surface area contributed by atoms with Crippen LogP contribution in [0.25, 0.3) is 17.0 Å². The number of non-ortho nitro benzene ring substituents is 1. The van der Waals surface area contributed by atoms with Crippen molar-refractivity contribution < 1.29 is 19.2 Å². The fourth-order valence-corrected chi connectivity index (χ4v) is 4.90. The molecule has 0 N–H and O–H groups in total. The first-order chi connectivity index (χ1) is 17.5. The highest BCUT2D eigenvalue weighted by atomic mass is 32.2. The van der Waals surface area contributed by atoms with E-state index >= 15 is 0 Å². The number of carbonyl (C=O) groups excluding carboxylic acids is 2. The van der Waals surface area contributed by atoms with Gasteiger partial charge in [0.1, 0.15) is 12.4 Å². The van der Waals surface area contributed by atoms with Crippen LogP contribution in [0.3, 0.4) is 0 Å². The van der Waals surface area contributed by atoms with Gasteiger partial charge in [0.25, 0.3) is 16.8 Å². The van der Waals surface area contributed by atoms with E-state index in [0.717, 1.165) is 33.8 Å². The quantitative estimate of drug-likeness (QED) is 0.175. The van der Waals surface area contributed by atoms with Gasteiger partial charge in [0.15, 0.2) is 0 Å². The first kappa shape index (κ1) is 23.4. The van der Waals surface area contributed by atoms with E-state index in [1.165, 1.54) is 17.0 Å². The lowest BCUT2D eigenvalue weighted by atomic mass is 10.1. The van der Waals surface area contributed by atoms with Crippen molar-refractivity contribution in [2.75, 3.05) is 13.2 Å². The number of fused-ring (bicyclic) bond motifs is 1. The highest BCUT2D eigenvalue weighted by Crippen LogP contribution is 2.34. The van der Waals surface area contributed by atoms with Crippen molar-refractivity contribution in [1.82, 2.24) is 9.47 Å². The van der Waals surface area contributed by atoms with Crippen molar-refractivity contribution >= 4 is 45.6 Å². The molecule has 8 nitrogen and oxygen atoms in total. The maximum absolute atomic E-state index is 13.0. The van der Waals surface area contributed by atoms with E-state index in [4.69, 9.17) is 4.74 Å². The molecule has 1 aromatic heterocycles. The van der Waals surface area contributed by atoms with E-state index in [9.17, 15) is 19.7 Å². The molecule has 0 aliphatic carbocycles. The Morgan fingerprint density at radius 3 is 2.42 bits per heavy atom. The minimum absolute atomic E-state index is 0.0432. The number of carbonyl (C=O) groups is 2. The zero-order valence-electron chi connectivity index (χ0n) is 19.1. The van der Waals surface area contributed by atoms with Gasteiger partial charge in [0, 0.05) is 41.3 Å². The molecule has 1 fully saturated rings. The maximum atomic E-state index is 13.0. The third kappa shape index (κ3) is 4.87. The number of rotatable bonds is 8. The molecule has 180 valence electrons. The molecule has 0 saturated carbocycles. The predicted octanol–water partition coefficient (Wildman–Crippen LogP) is 5.71. The molecule has 2 amide bonds. The summed E-state index contributed by atoms with van der Waals surface area (Å²) >= 11 is 0.919. The van der Waals surface area contributed by atoms with Gasteiger partial charge >= 0.3 is 0 Å². The number of amides is 2. The summed E-state index contributed by atoms with van der Waals surface area (Å²) in [6.07, 6.45) is 3.68. The van der Waals surface area contributed by atoms with Gasteiger partial charge in [-0.3, -0.25) is 24.6 Å². The van der Waals surface area contributed by atoms with E-state index in [-0.39, 0.29) is 30.0 Å².